The number of hydrazone groups is 1. The van der Waals surface area contributed by atoms with Crippen molar-refractivity contribution < 1.29 is 9.59 Å². The van der Waals surface area contributed by atoms with Crippen molar-refractivity contribution in [1.82, 2.24) is 5.43 Å². The lowest BCUT2D eigenvalue weighted by Gasteiger charge is -2.20. The fourth-order valence-corrected chi connectivity index (χ4v) is 3.83. The predicted octanol–water partition coefficient (Wildman–Crippen LogP) is 4.21. The summed E-state index contributed by atoms with van der Waals surface area (Å²) in [5, 5.41) is 3.79. The summed E-state index contributed by atoms with van der Waals surface area (Å²) in [5.41, 5.74) is 3.21. The summed E-state index contributed by atoms with van der Waals surface area (Å²) < 4.78 is 0. The first kappa shape index (κ1) is 17.3. The number of amides is 1. The normalized spacial score (nSPS) is 17.5. The van der Waals surface area contributed by atoms with Crippen molar-refractivity contribution in [1.29, 1.82) is 0 Å². The van der Waals surface area contributed by atoms with Crippen LogP contribution < -0.4 is 5.43 Å². The summed E-state index contributed by atoms with van der Waals surface area (Å²) in [6, 6.07) is 11.9. The molecule has 2 aromatic carbocycles. The van der Waals surface area contributed by atoms with E-state index in [4.69, 9.17) is 34.8 Å². The van der Waals surface area contributed by atoms with E-state index < -0.39 is 16.9 Å². The van der Waals surface area contributed by atoms with Crippen LogP contribution in [0, 0.1) is 0 Å². The van der Waals surface area contributed by atoms with Crippen LogP contribution in [0.2, 0.25) is 15.1 Å². The van der Waals surface area contributed by atoms with Gasteiger partial charge in [-0.15, -0.1) is 11.8 Å². The Balaban J connectivity index is 1.91. The van der Waals surface area contributed by atoms with Gasteiger partial charge in [-0.2, -0.15) is 5.10 Å². The maximum atomic E-state index is 12.7. The number of hydrogen-bond donors (Lipinski definition) is 1. The van der Waals surface area contributed by atoms with Crippen molar-refractivity contribution in [2.24, 2.45) is 5.10 Å². The van der Waals surface area contributed by atoms with E-state index in [2.05, 4.69) is 10.5 Å². The molecule has 0 saturated heterocycles. The number of rotatable bonds is 3. The maximum Gasteiger partial charge on any atom is 0.261 e. The molecule has 1 heterocycles. The number of halogens is 3. The van der Waals surface area contributed by atoms with Crippen LogP contribution in [0.3, 0.4) is 0 Å². The zero-order valence-corrected chi connectivity index (χ0v) is 15.0. The number of thioether (sulfide) groups is 1. The van der Waals surface area contributed by atoms with Crippen LogP contribution in [0.5, 0.6) is 0 Å². The summed E-state index contributed by atoms with van der Waals surface area (Å²) in [4.78, 5) is 25.3. The first-order valence-electron chi connectivity index (χ1n) is 6.75. The van der Waals surface area contributed by atoms with Gasteiger partial charge in [0.1, 0.15) is 5.71 Å². The van der Waals surface area contributed by atoms with E-state index in [0.29, 0.717) is 25.5 Å². The van der Waals surface area contributed by atoms with Gasteiger partial charge in [0.2, 0.25) is 5.78 Å². The van der Waals surface area contributed by atoms with E-state index >= 15 is 0 Å². The Morgan fingerprint density at radius 3 is 2.33 bits per heavy atom. The zero-order chi connectivity index (χ0) is 17.3. The molecule has 1 atom stereocenters. The molecule has 0 aromatic heterocycles. The lowest BCUT2D eigenvalue weighted by atomic mass is 10.0. The van der Waals surface area contributed by atoms with Crippen LogP contribution in [-0.2, 0) is 9.59 Å². The fraction of sp³-hybridized carbons (Fsp3) is 0.0625. The molecular formula is C16H9Cl3N2O2S. The minimum atomic E-state index is -1.01. The molecule has 1 amide bonds. The highest BCUT2D eigenvalue weighted by Gasteiger charge is 2.36. The van der Waals surface area contributed by atoms with Gasteiger partial charge in [0.25, 0.3) is 5.91 Å². The molecule has 0 spiro atoms. The fourth-order valence-electron chi connectivity index (χ4n) is 2.10. The van der Waals surface area contributed by atoms with E-state index in [0.717, 1.165) is 11.8 Å². The molecule has 1 aliphatic rings. The highest BCUT2D eigenvalue weighted by atomic mass is 35.5. The van der Waals surface area contributed by atoms with Crippen LogP contribution in [0.4, 0.5) is 0 Å². The van der Waals surface area contributed by atoms with Gasteiger partial charge in [-0.1, -0.05) is 65.1 Å². The van der Waals surface area contributed by atoms with Gasteiger partial charge in [0, 0.05) is 10.5 Å². The summed E-state index contributed by atoms with van der Waals surface area (Å²) in [5.74, 6) is -0.899. The minimum Gasteiger partial charge on any atom is -0.290 e. The quantitative estimate of drug-likeness (QED) is 0.621. The Morgan fingerprint density at radius 2 is 1.62 bits per heavy atom. The number of nitrogens with zero attached hydrogens (tertiary/aromatic N) is 1. The van der Waals surface area contributed by atoms with Crippen molar-refractivity contribution in [2.45, 2.75) is 10.1 Å². The standard InChI is InChI=1S/C16H9Cl3N2O2S/c17-9-6-11(19)12(7-10(9)18)24-15-14(22)13(20-21-16(15)23)8-4-2-1-3-5-8/h1-7,15H,(H,21,23). The van der Waals surface area contributed by atoms with Gasteiger partial charge in [-0.05, 0) is 12.1 Å². The first-order valence-corrected chi connectivity index (χ1v) is 8.77. The average molecular weight is 400 g/mol. The third-order valence-electron chi connectivity index (χ3n) is 3.25. The molecule has 8 heteroatoms. The van der Waals surface area contributed by atoms with E-state index in [-0.39, 0.29) is 5.71 Å². The van der Waals surface area contributed by atoms with Gasteiger partial charge in [0.05, 0.1) is 15.1 Å². The van der Waals surface area contributed by atoms with Gasteiger partial charge in [0.15, 0.2) is 5.25 Å². The molecule has 0 radical (unpaired) electrons. The van der Waals surface area contributed by atoms with Crippen molar-refractivity contribution in [2.75, 3.05) is 0 Å². The molecule has 0 fully saturated rings. The van der Waals surface area contributed by atoms with Crippen molar-refractivity contribution in [3.8, 4) is 0 Å². The Kier molecular flexibility index (Phi) is 5.15. The third kappa shape index (κ3) is 3.44. The lowest BCUT2D eigenvalue weighted by molar-refractivity contribution is -0.125. The van der Waals surface area contributed by atoms with Crippen molar-refractivity contribution in [3.63, 3.8) is 0 Å². The molecule has 0 saturated carbocycles. The molecule has 24 heavy (non-hydrogen) atoms. The molecule has 2 aromatic rings. The Morgan fingerprint density at radius 1 is 0.958 bits per heavy atom. The van der Waals surface area contributed by atoms with Gasteiger partial charge >= 0.3 is 0 Å². The number of nitrogens with one attached hydrogen (secondary N) is 1. The molecule has 1 N–H and O–H groups in total. The second-order valence-corrected chi connectivity index (χ2v) is 7.23. The summed E-state index contributed by atoms with van der Waals surface area (Å²) in [6.07, 6.45) is 0. The highest BCUT2D eigenvalue weighted by Crippen LogP contribution is 2.37. The third-order valence-corrected chi connectivity index (χ3v) is 5.66. The zero-order valence-electron chi connectivity index (χ0n) is 11.9. The van der Waals surface area contributed by atoms with Crippen LogP contribution in [-0.4, -0.2) is 22.7 Å². The smallest absolute Gasteiger partial charge is 0.261 e. The molecule has 3 rings (SSSR count). The SMILES string of the molecule is O=C1NN=C(c2ccccc2)C(=O)C1Sc1cc(Cl)c(Cl)cc1Cl. The highest BCUT2D eigenvalue weighted by molar-refractivity contribution is 8.01. The number of hydrogen-bond acceptors (Lipinski definition) is 4. The van der Waals surface area contributed by atoms with Crippen LogP contribution >= 0.6 is 46.6 Å². The largest absolute Gasteiger partial charge is 0.290 e. The molecule has 122 valence electrons. The molecular weight excluding hydrogens is 391 g/mol. The van der Waals surface area contributed by atoms with Crippen LogP contribution in [0.25, 0.3) is 0 Å². The van der Waals surface area contributed by atoms with Gasteiger partial charge < -0.3 is 0 Å². The average Bonchev–Trinajstić information content (AvgIpc) is 2.57. The second-order valence-electron chi connectivity index (χ2n) is 4.86. The second kappa shape index (κ2) is 7.15. The first-order chi connectivity index (χ1) is 11.5. The van der Waals surface area contributed by atoms with E-state index in [1.54, 1.807) is 24.3 Å². The number of Topliss-reactive ketones (excluding diaryl/α,β-unsaturated/α-hetero) is 1. The molecule has 0 aliphatic carbocycles. The van der Waals surface area contributed by atoms with Crippen LogP contribution in [0.1, 0.15) is 5.56 Å². The summed E-state index contributed by atoms with van der Waals surface area (Å²) in [7, 11) is 0. The lowest BCUT2D eigenvalue weighted by Crippen LogP contribution is -2.45. The Hall–Kier alpha value is -1.53. The summed E-state index contributed by atoms with van der Waals surface area (Å²) in [6.45, 7) is 0. The van der Waals surface area contributed by atoms with E-state index in [1.165, 1.54) is 12.1 Å². The van der Waals surface area contributed by atoms with E-state index in [1.807, 2.05) is 6.07 Å². The monoisotopic (exact) mass is 398 g/mol. The Labute approximate surface area is 157 Å². The van der Waals surface area contributed by atoms with E-state index in [9.17, 15) is 9.59 Å². The summed E-state index contributed by atoms with van der Waals surface area (Å²) >= 11 is 19.0. The topological polar surface area (TPSA) is 58.5 Å². The maximum absolute atomic E-state index is 12.7. The molecule has 4 nitrogen and oxygen atoms in total. The van der Waals surface area contributed by atoms with Gasteiger partial charge in [-0.25, -0.2) is 5.43 Å². The molecule has 1 aliphatic heterocycles. The Bertz CT molecular complexity index is 856. The van der Waals surface area contributed by atoms with Gasteiger partial charge in [-0.3, -0.25) is 9.59 Å². The number of carbonyl (C=O) groups excluding carboxylic acids is 2. The van der Waals surface area contributed by atoms with Crippen molar-refractivity contribution >= 4 is 64.0 Å². The number of carbonyl (C=O) groups is 2. The van der Waals surface area contributed by atoms with Crippen molar-refractivity contribution in [3.05, 3.63) is 63.1 Å². The van der Waals surface area contributed by atoms with Crippen LogP contribution in [0.15, 0.2) is 52.5 Å². The predicted molar refractivity (Wildman–Crippen MR) is 97.2 cm³/mol. The number of ketones is 1. The molecule has 1 unspecified atom stereocenters. The molecule has 0 bridgehead atoms. The number of benzene rings is 2. The minimum absolute atomic E-state index is 0.198.